The topological polar surface area (TPSA) is 38.3 Å². The molecule has 0 aliphatic carbocycles. The summed E-state index contributed by atoms with van der Waals surface area (Å²) in [6.07, 6.45) is 0.853. The van der Waals surface area contributed by atoms with Crippen LogP contribution < -0.4 is 5.32 Å². The number of nitrogens with one attached hydrogen (secondary N) is 1. The molecule has 0 fully saturated rings. The van der Waals surface area contributed by atoms with Gasteiger partial charge < -0.3 is 10.1 Å². The van der Waals surface area contributed by atoms with Crippen molar-refractivity contribution in [3.8, 4) is 0 Å². The van der Waals surface area contributed by atoms with E-state index in [1.165, 1.54) is 0 Å². The standard InChI is InChI=1S/C11H21NO2/c1-9(2)8-14-7-5-6-12-11(13)10(3)4/h9H,3,5-8H2,1-2,4H3,(H,12,13). The minimum atomic E-state index is -0.0751. The predicted molar refractivity (Wildman–Crippen MR) is 58.1 cm³/mol. The average molecular weight is 199 g/mol. The lowest BCUT2D eigenvalue weighted by Gasteiger charge is -2.07. The molecule has 0 saturated carbocycles. The summed E-state index contributed by atoms with van der Waals surface area (Å²) in [5, 5.41) is 2.75. The summed E-state index contributed by atoms with van der Waals surface area (Å²) in [5.74, 6) is 0.494. The van der Waals surface area contributed by atoms with Crippen molar-refractivity contribution in [1.82, 2.24) is 5.32 Å². The normalized spacial score (nSPS) is 10.3. The second kappa shape index (κ2) is 7.56. The second-order valence-electron chi connectivity index (χ2n) is 3.86. The number of rotatable bonds is 7. The lowest BCUT2D eigenvalue weighted by atomic mass is 10.2. The summed E-state index contributed by atoms with van der Waals surface area (Å²) in [4.78, 5) is 11.0. The maximum absolute atomic E-state index is 11.0. The number of amides is 1. The molecule has 3 nitrogen and oxygen atoms in total. The van der Waals surface area contributed by atoms with Gasteiger partial charge in [0.2, 0.25) is 5.91 Å². The summed E-state index contributed by atoms with van der Waals surface area (Å²) >= 11 is 0. The molecule has 0 aliphatic heterocycles. The van der Waals surface area contributed by atoms with Crippen LogP contribution in [0.4, 0.5) is 0 Å². The Morgan fingerprint density at radius 1 is 1.50 bits per heavy atom. The largest absolute Gasteiger partial charge is 0.381 e. The van der Waals surface area contributed by atoms with E-state index in [0.717, 1.165) is 13.0 Å². The Labute approximate surface area is 86.5 Å². The van der Waals surface area contributed by atoms with E-state index < -0.39 is 0 Å². The van der Waals surface area contributed by atoms with Crippen LogP contribution in [0, 0.1) is 5.92 Å². The smallest absolute Gasteiger partial charge is 0.246 e. The van der Waals surface area contributed by atoms with Gasteiger partial charge >= 0.3 is 0 Å². The summed E-state index contributed by atoms with van der Waals surface area (Å²) in [5.41, 5.74) is 0.549. The zero-order valence-corrected chi connectivity index (χ0v) is 9.43. The van der Waals surface area contributed by atoms with Crippen molar-refractivity contribution < 1.29 is 9.53 Å². The van der Waals surface area contributed by atoms with Crippen LogP contribution in [0.2, 0.25) is 0 Å². The third kappa shape index (κ3) is 7.80. The van der Waals surface area contributed by atoms with Gasteiger partial charge in [0, 0.05) is 25.3 Å². The molecule has 0 aromatic heterocycles. The molecule has 0 radical (unpaired) electrons. The summed E-state index contributed by atoms with van der Waals surface area (Å²) in [6.45, 7) is 11.6. The van der Waals surface area contributed by atoms with Crippen LogP contribution in [0.1, 0.15) is 27.2 Å². The first-order valence-corrected chi connectivity index (χ1v) is 5.05. The lowest BCUT2D eigenvalue weighted by molar-refractivity contribution is -0.117. The fourth-order valence-corrected chi connectivity index (χ4v) is 0.846. The quantitative estimate of drug-likeness (QED) is 0.501. The highest BCUT2D eigenvalue weighted by Crippen LogP contribution is 1.93. The molecule has 1 amide bonds. The molecular weight excluding hydrogens is 178 g/mol. The van der Waals surface area contributed by atoms with E-state index in [4.69, 9.17) is 4.74 Å². The van der Waals surface area contributed by atoms with Crippen molar-refractivity contribution in [3.05, 3.63) is 12.2 Å². The first-order valence-electron chi connectivity index (χ1n) is 5.05. The lowest BCUT2D eigenvalue weighted by Crippen LogP contribution is -2.25. The van der Waals surface area contributed by atoms with Gasteiger partial charge in [-0.2, -0.15) is 0 Å². The van der Waals surface area contributed by atoms with Crippen LogP contribution in [0.3, 0.4) is 0 Å². The van der Waals surface area contributed by atoms with Gasteiger partial charge in [-0.15, -0.1) is 0 Å². The highest BCUT2D eigenvalue weighted by Gasteiger charge is 1.99. The van der Waals surface area contributed by atoms with Gasteiger partial charge in [-0.05, 0) is 19.3 Å². The molecule has 0 aromatic carbocycles. The Morgan fingerprint density at radius 2 is 2.14 bits per heavy atom. The van der Waals surface area contributed by atoms with Crippen molar-refractivity contribution >= 4 is 5.91 Å². The van der Waals surface area contributed by atoms with Crippen LogP contribution in [-0.2, 0) is 9.53 Å². The van der Waals surface area contributed by atoms with E-state index in [9.17, 15) is 4.79 Å². The second-order valence-corrected chi connectivity index (χ2v) is 3.86. The first-order chi connectivity index (χ1) is 6.54. The Hall–Kier alpha value is -0.830. The highest BCUT2D eigenvalue weighted by atomic mass is 16.5. The minimum Gasteiger partial charge on any atom is -0.381 e. The first kappa shape index (κ1) is 13.2. The molecule has 0 spiro atoms. The van der Waals surface area contributed by atoms with Crippen molar-refractivity contribution in [1.29, 1.82) is 0 Å². The van der Waals surface area contributed by atoms with E-state index in [-0.39, 0.29) is 5.91 Å². The average Bonchev–Trinajstić information content (AvgIpc) is 2.09. The number of carbonyl (C=O) groups excluding carboxylic acids is 1. The Morgan fingerprint density at radius 3 is 2.64 bits per heavy atom. The van der Waals surface area contributed by atoms with E-state index >= 15 is 0 Å². The van der Waals surface area contributed by atoms with Gasteiger partial charge in [0.25, 0.3) is 0 Å². The highest BCUT2D eigenvalue weighted by molar-refractivity contribution is 5.91. The van der Waals surface area contributed by atoms with Crippen molar-refractivity contribution in [2.75, 3.05) is 19.8 Å². The number of hydrogen-bond donors (Lipinski definition) is 1. The fourth-order valence-electron chi connectivity index (χ4n) is 0.846. The molecule has 14 heavy (non-hydrogen) atoms. The Bertz CT molecular complexity index is 188. The molecule has 0 heterocycles. The Balaban J connectivity index is 3.22. The molecule has 0 aromatic rings. The maximum atomic E-state index is 11.0. The van der Waals surface area contributed by atoms with Gasteiger partial charge in [-0.1, -0.05) is 20.4 Å². The SMILES string of the molecule is C=C(C)C(=O)NCCCOCC(C)C. The van der Waals surface area contributed by atoms with Gasteiger partial charge in [0.15, 0.2) is 0 Å². The number of ether oxygens (including phenoxy) is 1. The fraction of sp³-hybridized carbons (Fsp3) is 0.727. The predicted octanol–water partition coefficient (Wildman–Crippen LogP) is 1.74. The molecule has 82 valence electrons. The summed E-state index contributed by atoms with van der Waals surface area (Å²) in [6, 6.07) is 0. The minimum absolute atomic E-state index is 0.0751. The maximum Gasteiger partial charge on any atom is 0.246 e. The van der Waals surface area contributed by atoms with Gasteiger partial charge in [-0.25, -0.2) is 0 Å². The van der Waals surface area contributed by atoms with Crippen molar-refractivity contribution in [3.63, 3.8) is 0 Å². The summed E-state index contributed by atoms with van der Waals surface area (Å²) < 4.78 is 5.36. The molecule has 3 heteroatoms. The van der Waals surface area contributed by atoms with Crippen LogP contribution in [0.15, 0.2) is 12.2 Å². The zero-order chi connectivity index (χ0) is 11.0. The third-order valence-corrected chi connectivity index (χ3v) is 1.59. The Kier molecular flexibility index (Phi) is 7.11. The molecule has 0 aliphatic rings. The summed E-state index contributed by atoms with van der Waals surface area (Å²) in [7, 11) is 0. The van der Waals surface area contributed by atoms with E-state index in [2.05, 4.69) is 25.7 Å². The monoisotopic (exact) mass is 199 g/mol. The van der Waals surface area contributed by atoms with Crippen molar-refractivity contribution in [2.45, 2.75) is 27.2 Å². The molecule has 0 rings (SSSR count). The molecule has 0 atom stereocenters. The third-order valence-electron chi connectivity index (χ3n) is 1.59. The molecule has 1 N–H and O–H groups in total. The number of carbonyl (C=O) groups is 1. The van der Waals surface area contributed by atoms with E-state index in [0.29, 0.717) is 24.6 Å². The van der Waals surface area contributed by atoms with E-state index in [1.807, 2.05) is 0 Å². The molecule has 0 saturated heterocycles. The van der Waals surface area contributed by atoms with Gasteiger partial charge in [0.05, 0.1) is 0 Å². The van der Waals surface area contributed by atoms with Crippen LogP contribution >= 0.6 is 0 Å². The number of hydrogen-bond acceptors (Lipinski definition) is 2. The molecular formula is C11H21NO2. The molecule has 0 unspecified atom stereocenters. The van der Waals surface area contributed by atoms with Crippen molar-refractivity contribution in [2.24, 2.45) is 5.92 Å². The van der Waals surface area contributed by atoms with E-state index in [1.54, 1.807) is 6.92 Å². The van der Waals surface area contributed by atoms with Crippen LogP contribution in [-0.4, -0.2) is 25.7 Å². The van der Waals surface area contributed by atoms with Gasteiger partial charge in [-0.3, -0.25) is 4.79 Å². The molecule has 0 bridgehead atoms. The zero-order valence-electron chi connectivity index (χ0n) is 9.43. The van der Waals surface area contributed by atoms with Gasteiger partial charge in [0.1, 0.15) is 0 Å². The van der Waals surface area contributed by atoms with Crippen LogP contribution in [0.25, 0.3) is 0 Å². The van der Waals surface area contributed by atoms with Crippen LogP contribution in [0.5, 0.6) is 0 Å².